The van der Waals surface area contributed by atoms with Crippen molar-refractivity contribution in [2.45, 2.75) is 6.92 Å². The van der Waals surface area contributed by atoms with Crippen molar-refractivity contribution in [1.29, 1.82) is 0 Å². The van der Waals surface area contributed by atoms with Crippen LogP contribution in [0.4, 0.5) is 5.69 Å². The first kappa shape index (κ1) is 16.3. The minimum absolute atomic E-state index is 0.0354. The Morgan fingerprint density at radius 3 is 2.36 bits per heavy atom. The molecule has 0 saturated carbocycles. The monoisotopic (exact) mass is 325 g/mol. The van der Waals surface area contributed by atoms with Crippen molar-refractivity contribution < 1.29 is 13.0 Å². The molecule has 0 spiro atoms. The van der Waals surface area contributed by atoms with Gasteiger partial charge in [0.05, 0.1) is 17.1 Å². The van der Waals surface area contributed by atoms with Crippen molar-refractivity contribution in [3.05, 3.63) is 46.4 Å². The predicted octanol–water partition coefficient (Wildman–Crippen LogP) is 0.808. The van der Waals surface area contributed by atoms with Gasteiger partial charge in [0.15, 0.2) is 0 Å². The maximum absolute atomic E-state index is 12.7. The van der Waals surface area contributed by atoms with E-state index in [2.05, 4.69) is 0 Å². The Bertz CT molecular complexity index is 822. The molecule has 0 radical (unpaired) electrons. The minimum Gasteiger partial charge on any atom is -0.368 e. The highest BCUT2D eigenvalue weighted by Crippen LogP contribution is 2.17. The van der Waals surface area contributed by atoms with Gasteiger partial charge in [0.1, 0.15) is 5.69 Å². The maximum atomic E-state index is 12.7. The third-order valence-electron chi connectivity index (χ3n) is 3.59. The topological polar surface area (TPSA) is 84.5 Å². The van der Waals surface area contributed by atoms with E-state index in [4.69, 9.17) is 4.55 Å². The SMILES string of the molecule is Cc1c(N(C)CCS(=O)(=O)O)c(=O)n(-c2ccccc2)n1C. The standard InChI is InChI=1S/C14H19N3O4S/c1-11-13(15(2)9-10-22(19,20)21)14(18)17(16(11)3)12-7-5-4-6-8-12/h4-8H,9-10H2,1-3H3,(H,19,20,21). The van der Waals surface area contributed by atoms with Gasteiger partial charge in [-0.15, -0.1) is 0 Å². The van der Waals surface area contributed by atoms with Crippen LogP contribution in [0.5, 0.6) is 0 Å². The molecule has 0 aliphatic heterocycles. The second-order valence-corrected chi connectivity index (χ2v) is 6.69. The molecular weight excluding hydrogens is 306 g/mol. The highest BCUT2D eigenvalue weighted by molar-refractivity contribution is 7.85. The molecule has 1 heterocycles. The molecule has 0 bridgehead atoms. The zero-order valence-electron chi connectivity index (χ0n) is 12.7. The highest BCUT2D eigenvalue weighted by atomic mass is 32.2. The minimum atomic E-state index is -4.07. The van der Waals surface area contributed by atoms with E-state index in [0.29, 0.717) is 11.4 Å². The lowest BCUT2D eigenvalue weighted by Crippen LogP contribution is -2.30. The number of benzene rings is 1. The molecular formula is C14H19N3O4S. The molecule has 1 aromatic carbocycles. The molecule has 0 unspecified atom stereocenters. The fraction of sp³-hybridized carbons (Fsp3) is 0.357. The summed E-state index contributed by atoms with van der Waals surface area (Å²) in [5.41, 5.74) is 1.62. The third kappa shape index (κ3) is 3.23. The second-order valence-electron chi connectivity index (χ2n) is 5.12. The van der Waals surface area contributed by atoms with Gasteiger partial charge in [-0.05, 0) is 19.1 Å². The molecule has 0 aliphatic rings. The Kier molecular flexibility index (Phi) is 4.43. The first-order chi connectivity index (χ1) is 10.2. The van der Waals surface area contributed by atoms with Crippen molar-refractivity contribution in [3.8, 4) is 5.69 Å². The molecule has 2 aromatic rings. The van der Waals surface area contributed by atoms with Gasteiger partial charge in [0.2, 0.25) is 0 Å². The second kappa shape index (κ2) is 5.98. The van der Waals surface area contributed by atoms with E-state index in [-0.39, 0.29) is 12.1 Å². The number of nitrogens with zero attached hydrogens (tertiary/aromatic N) is 3. The summed E-state index contributed by atoms with van der Waals surface area (Å²) in [6.45, 7) is 1.83. The Hall–Kier alpha value is -2.06. The number of hydrogen-bond donors (Lipinski definition) is 1. The fourth-order valence-corrected chi connectivity index (χ4v) is 2.86. The van der Waals surface area contributed by atoms with Crippen LogP contribution in [0.1, 0.15) is 5.69 Å². The fourth-order valence-electron chi connectivity index (χ4n) is 2.36. The van der Waals surface area contributed by atoms with Crippen molar-refractivity contribution >= 4 is 15.8 Å². The summed E-state index contributed by atoms with van der Waals surface area (Å²) >= 11 is 0. The lowest BCUT2D eigenvalue weighted by atomic mass is 10.3. The van der Waals surface area contributed by atoms with E-state index in [1.165, 1.54) is 4.68 Å². The number of hydrogen-bond acceptors (Lipinski definition) is 4. The molecule has 8 heteroatoms. The summed E-state index contributed by atoms with van der Waals surface area (Å²) in [6.07, 6.45) is 0. The van der Waals surface area contributed by atoms with E-state index >= 15 is 0 Å². The van der Waals surface area contributed by atoms with Crippen LogP contribution in [-0.2, 0) is 17.2 Å². The van der Waals surface area contributed by atoms with E-state index in [0.717, 1.165) is 5.69 Å². The van der Waals surface area contributed by atoms with Crippen LogP contribution in [0, 0.1) is 6.92 Å². The van der Waals surface area contributed by atoms with Crippen LogP contribution in [0.2, 0.25) is 0 Å². The molecule has 0 fully saturated rings. The van der Waals surface area contributed by atoms with Crippen LogP contribution >= 0.6 is 0 Å². The molecule has 7 nitrogen and oxygen atoms in total. The van der Waals surface area contributed by atoms with Gasteiger partial charge in [0.25, 0.3) is 15.7 Å². The van der Waals surface area contributed by atoms with Gasteiger partial charge in [-0.2, -0.15) is 8.42 Å². The summed E-state index contributed by atoms with van der Waals surface area (Å²) in [5, 5.41) is 0. The number of anilines is 1. The lowest BCUT2D eigenvalue weighted by Gasteiger charge is -2.16. The van der Waals surface area contributed by atoms with Crippen LogP contribution in [0.25, 0.3) is 5.69 Å². The summed E-state index contributed by atoms with van der Waals surface area (Å²) < 4.78 is 33.8. The van der Waals surface area contributed by atoms with Gasteiger partial charge >= 0.3 is 0 Å². The van der Waals surface area contributed by atoms with Crippen molar-refractivity contribution in [1.82, 2.24) is 9.36 Å². The lowest BCUT2D eigenvalue weighted by molar-refractivity contribution is 0.483. The number of para-hydroxylation sites is 1. The van der Waals surface area contributed by atoms with Crippen LogP contribution < -0.4 is 10.5 Å². The Morgan fingerprint density at radius 2 is 1.82 bits per heavy atom. The predicted molar refractivity (Wildman–Crippen MR) is 85.4 cm³/mol. The molecule has 1 aromatic heterocycles. The average Bonchev–Trinajstić information content (AvgIpc) is 2.67. The summed E-state index contributed by atoms with van der Waals surface area (Å²) in [6, 6.07) is 9.19. The van der Waals surface area contributed by atoms with Crippen LogP contribution in [0.3, 0.4) is 0 Å². The average molecular weight is 325 g/mol. The summed E-state index contributed by atoms with van der Waals surface area (Å²) in [7, 11) is -0.669. The zero-order chi connectivity index (χ0) is 16.5. The molecule has 0 amide bonds. The van der Waals surface area contributed by atoms with Gasteiger partial charge in [-0.3, -0.25) is 14.0 Å². The molecule has 2 rings (SSSR count). The van der Waals surface area contributed by atoms with Crippen molar-refractivity contribution in [3.63, 3.8) is 0 Å². The quantitative estimate of drug-likeness (QED) is 0.822. The normalized spacial score (nSPS) is 11.6. The summed E-state index contributed by atoms with van der Waals surface area (Å²) in [5.74, 6) is -0.428. The van der Waals surface area contributed by atoms with E-state index in [1.54, 1.807) is 30.6 Å². The first-order valence-corrected chi connectivity index (χ1v) is 8.33. The van der Waals surface area contributed by atoms with E-state index < -0.39 is 15.9 Å². The largest absolute Gasteiger partial charge is 0.368 e. The highest BCUT2D eigenvalue weighted by Gasteiger charge is 2.20. The first-order valence-electron chi connectivity index (χ1n) is 6.72. The molecule has 0 atom stereocenters. The Morgan fingerprint density at radius 1 is 1.23 bits per heavy atom. The van der Waals surface area contributed by atoms with Gasteiger partial charge < -0.3 is 4.90 Å². The Balaban J connectivity index is 2.45. The van der Waals surface area contributed by atoms with Gasteiger partial charge in [0, 0.05) is 20.6 Å². The van der Waals surface area contributed by atoms with Gasteiger partial charge in [-0.1, -0.05) is 18.2 Å². The van der Waals surface area contributed by atoms with Crippen LogP contribution in [0.15, 0.2) is 35.1 Å². The van der Waals surface area contributed by atoms with Gasteiger partial charge in [-0.25, -0.2) is 4.68 Å². The van der Waals surface area contributed by atoms with Crippen LogP contribution in [-0.4, -0.2) is 41.7 Å². The number of rotatable bonds is 5. The molecule has 0 saturated heterocycles. The molecule has 1 N–H and O–H groups in total. The maximum Gasteiger partial charge on any atom is 0.295 e. The smallest absolute Gasteiger partial charge is 0.295 e. The summed E-state index contributed by atoms with van der Waals surface area (Å²) in [4.78, 5) is 14.2. The molecule has 22 heavy (non-hydrogen) atoms. The van der Waals surface area contributed by atoms with E-state index in [1.807, 2.05) is 30.3 Å². The van der Waals surface area contributed by atoms with Crippen molar-refractivity contribution in [2.75, 3.05) is 24.2 Å². The number of aromatic nitrogens is 2. The van der Waals surface area contributed by atoms with Crippen molar-refractivity contribution in [2.24, 2.45) is 7.05 Å². The molecule has 120 valence electrons. The third-order valence-corrected chi connectivity index (χ3v) is 4.29. The molecule has 0 aliphatic carbocycles. The van der Waals surface area contributed by atoms with E-state index in [9.17, 15) is 13.2 Å². The Labute approximate surface area is 129 Å². The zero-order valence-corrected chi connectivity index (χ0v) is 13.5.